The summed E-state index contributed by atoms with van der Waals surface area (Å²) in [5.41, 5.74) is 6.88. The Hall–Kier alpha value is -4.43. The fourth-order valence-electron chi connectivity index (χ4n) is 3.84. The molecule has 174 valence electrons. The number of rotatable bonds is 5. The summed E-state index contributed by atoms with van der Waals surface area (Å²) in [7, 11) is 1.56. The summed E-state index contributed by atoms with van der Waals surface area (Å²) in [6.45, 7) is 0. The lowest BCUT2D eigenvalue weighted by Gasteiger charge is -2.16. The standard InChI is InChI=1S/C27H20N2O5S/c1-33-19-12-10-18(11-13-19)29-21(16-6-3-2-4-7-16)15-22-23(26(29)31)24(30)25(27(32)34-22)35-20-9-5-8-17(28)14-20/h2-15,30H,28H2,1H3. The molecule has 7 nitrogen and oxygen atoms in total. The molecule has 0 spiro atoms. The maximum atomic E-state index is 13.8. The van der Waals surface area contributed by atoms with E-state index in [0.717, 1.165) is 17.3 Å². The summed E-state index contributed by atoms with van der Waals surface area (Å²) in [5, 5.41) is 11.0. The predicted octanol–water partition coefficient (Wildman–Crippen LogP) is 5.06. The number of methoxy groups -OCH3 is 1. The van der Waals surface area contributed by atoms with Gasteiger partial charge in [-0.15, -0.1) is 0 Å². The fraction of sp³-hybridized carbons (Fsp3) is 0.0370. The second-order valence-corrected chi connectivity index (χ2v) is 8.80. The van der Waals surface area contributed by atoms with Crippen LogP contribution < -0.4 is 21.7 Å². The molecule has 5 aromatic rings. The number of nitrogens with two attached hydrogens (primary N) is 1. The van der Waals surface area contributed by atoms with Gasteiger partial charge in [0.15, 0.2) is 5.75 Å². The molecule has 0 aliphatic heterocycles. The van der Waals surface area contributed by atoms with E-state index in [1.54, 1.807) is 61.7 Å². The molecule has 8 heteroatoms. The molecule has 0 aliphatic carbocycles. The fourth-order valence-corrected chi connectivity index (χ4v) is 4.74. The largest absolute Gasteiger partial charge is 0.505 e. The molecule has 0 aliphatic rings. The van der Waals surface area contributed by atoms with Crippen LogP contribution in [0, 0.1) is 0 Å². The van der Waals surface area contributed by atoms with Crippen molar-refractivity contribution in [2.75, 3.05) is 12.8 Å². The smallest absolute Gasteiger partial charge is 0.354 e. The van der Waals surface area contributed by atoms with Gasteiger partial charge in [0.05, 0.1) is 12.8 Å². The second-order valence-electron chi connectivity index (χ2n) is 7.72. The molecule has 0 radical (unpaired) electrons. The van der Waals surface area contributed by atoms with E-state index in [9.17, 15) is 14.7 Å². The molecule has 3 aromatic carbocycles. The van der Waals surface area contributed by atoms with Crippen molar-refractivity contribution < 1.29 is 14.3 Å². The van der Waals surface area contributed by atoms with Crippen molar-refractivity contribution in [2.45, 2.75) is 9.79 Å². The molecule has 2 heterocycles. The van der Waals surface area contributed by atoms with Gasteiger partial charge < -0.3 is 20.0 Å². The molecule has 0 unspecified atom stereocenters. The Morgan fingerprint density at radius 1 is 0.943 bits per heavy atom. The van der Waals surface area contributed by atoms with Crippen LogP contribution >= 0.6 is 11.8 Å². The average molecular weight is 485 g/mol. The van der Waals surface area contributed by atoms with Crippen molar-refractivity contribution in [1.82, 2.24) is 4.57 Å². The number of anilines is 1. The summed E-state index contributed by atoms with van der Waals surface area (Å²) in [6, 6.07) is 24.7. The Morgan fingerprint density at radius 2 is 1.69 bits per heavy atom. The number of benzene rings is 3. The second kappa shape index (κ2) is 9.08. The first-order chi connectivity index (χ1) is 17.0. The van der Waals surface area contributed by atoms with Gasteiger partial charge in [-0.2, -0.15) is 0 Å². The minimum atomic E-state index is -0.747. The monoisotopic (exact) mass is 484 g/mol. The molecule has 0 atom stereocenters. The number of fused-ring (bicyclic) bond motifs is 1. The van der Waals surface area contributed by atoms with E-state index in [2.05, 4.69) is 0 Å². The van der Waals surface area contributed by atoms with Crippen molar-refractivity contribution in [3.63, 3.8) is 0 Å². The number of hydrogen-bond donors (Lipinski definition) is 2. The third-order valence-corrected chi connectivity index (χ3v) is 6.54. The van der Waals surface area contributed by atoms with Crippen LogP contribution in [0.1, 0.15) is 0 Å². The Labute approximate surface area is 204 Å². The van der Waals surface area contributed by atoms with E-state index in [1.165, 1.54) is 4.57 Å². The highest BCUT2D eigenvalue weighted by Crippen LogP contribution is 2.37. The average Bonchev–Trinajstić information content (AvgIpc) is 2.87. The molecule has 0 fully saturated rings. The topological polar surface area (TPSA) is 108 Å². The lowest BCUT2D eigenvalue weighted by molar-refractivity contribution is 0.414. The van der Waals surface area contributed by atoms with Gasteiger partial charge in [0.1, 0.15) is 21.6 Å². The van der Waals surface area contributed by atoms with Crippen LogP contribution in [0.2, 0.25) is 0 Å². The maximum absolute atomic E-state index is 13.8. The number of ether oxygens (including phenoxy) is 1. The molecule has 35 heavy (non-hydrogen) atoms. The SMILES string of the molecule is COc1ccc(-n2c(-c3ccccc3)cc3oc(=O)c(Sc4cccc(N)c4)c(O)c3c2=O)cc1. The number of aromatic nitrogens is 1. The van der Waals surface area contributed by atoms with Crippen molar-refractivity contribution in [2.24, 2.45) is 0 Å². The Balaban J connectivity index is 1.79. The molecule has 3 N–H and O–H groups in total. The molecule has 0 saturated heterocycles. The van der Waals surface area contributed by atoms with Gasteiger partial charge in [0.2, 0.25) is 0 Å². The summed E-state index contributed by atoms with van der Waals surface area (Å²) in [5.74, 6) is 0.203. The molecule has 0 bridgehead atoms. The van der Waals surface area contributed by atoms with Crippen molar-refractivity contribution in [1.29, 1.82) is 0 Å². The molecule has 0 saturated carbocycles. The zero-order valence-electron chi connectivity index (χ0n) is 18.6. The number of pyridine rings is 1. The minimum Gasteiger partial charge on any atom is -0.505 e. The van der Waals surface area contributed by atoms with Crippen molar-refractivity contribution >= 4 is 28.4 Å². The quantitative estimate of drug-likeness (QED) is 0.336. The summed E-state index contributed by atoms with van der Waals surface area (Å²) < 4.78 is 12.3. The van der Waals surface area contributed by atoms with Gasteiger partial charge in [0, 0.05) is 22.3 Å². The first kappa shape index (κ1) is 22.4. The molecule has 0 amide bonds. The van der Waals surface area contributed by atoms with E-state index in [0.29, 0.717) is 27.7 Å². The van der Waals surface area contributed by atoms with E-state index >= 15 is 0 Å². The van der Waals surface area contributed by atoms with Gasteiger partial charge in [-0.25, -0.2) is 4.79 Å². The maximum Gasteiger partial charge on any atom is 0.354 e. The normalized spacial score (nSPS) is 11.0. The zero-order chi connectivity index (χ0) is 24.5. The molecular weight excluding hydrogens is 464 g/mol. The summed E-state index contributed by atoms with van der Waals surface area (Å²) in [6.07, 6.45) is 0. The Kier molecular flexibility index (Phi) is 5.80. The van der Waals surface area contributed by atoms with E-state index < -0.39 is 16.9 Å². The highest BCUT2D eigenvalue weighted by Gasteiger charge is 2.22. The van der Waals surface area contributed by atoms with Crippen LogP contribution in [0.15, 0.2) is 109 Å². The van der Waals surface area contributed by atoms with Crippen LogP contribution in [0.5, 0.6) is 11.5 Å². The van der Waals surface area contributed by atoms with Crippen LogP contribution in [-0.4, -0.2) is 16.8 Å². The zero-order valence-corrected chi connectivity index (χ0v) is 19.4. The number of aromatic hydroxyl groups is 1. The highest BCUT2D eigenvalue weighted by molar-refractivity contribution is 7.99. The van der Waals surface area contributed by atoms with Crippen molar-refractivity contribution in [3.8, 4) is 28.4 Å². The third kappa shape index (κ3) is 4.15. The van der Waals surface area contributed by atoms with E-state index in [-0.39, 0.29) is 15.9 Å². The summed E-state index contributed by atoms with van der Waals surface area (Å²) >= 11 is 0.985. The first-order valence-electron chi connectivity index (χ1n) is 10.7. The van der Waals surface area contributed by atoms with Crippen LogP contribution in [0.25, 0.3) is 27.9 Å². The highest BCUT2D eigenvalue weighted by atomic mass is 32.2. The van der Waals surface area contributed by atoms with E-state index in [4.69, 9.17) is 14.9 Å². The van der Waals surface area contributed by atoms with Gasteiger partial charge in [0.25, 0.3) is 5.56 Å². The third-order valence-electron chi connectivity index (χ3n) is 5.49. The molecule has 2 aromatic heterocycles. The van der Waals surface area contributed by atoms with Gasteiger partial charge in [-0.05, 0) is 48.0 Å². The minimum absolute atomic E-state index is 0.00181. The van der Waals surface area contributed by atoms with E-state index in [1.807, 2.05) is 30.3 Å². The number of hydrogen-bond acceptors (Lipinski definition) is 7. The molecular formula is C27H20N2O5S. The number of nitrogen functional groups attached to an aromatic ring is 1. The number of nitrogens with zero attached hydrogens (tertiary/aromatic N) is 1. The van der Waals surface area contributed by atoms with Crippen LogP contribution in [0.4, 0.5) is 5.69 Å². The molecule has 5 rings (SSSR count). The summed E-state index contributed by atoms with van der Waals surface area (Å²) in [4.78, 5) is 27.2. The van der Waals surface area contributed by atoms with Crippen LogP contribution in [-0.2, 0) is 0 Å². The van der Waals surface area contributed by atoms with Gasteiger partial charge in [-0.1, -0.05) is 48.2 Å². The Bertz CT molecular complexity index is 1660. The lowest BCUT2D eigenvalue weighted by atomic mass is 10.1. The Morgan fingerprint density at radius 3 is 2.37 bits per heavy atom. The van der Waals surface area contributed by atoms with Crippen LogP contribution in [0.3, 0.4) is 0 Å². The lowest BCUT2D eigenvalue weighted by Crippen LogP contribution is -2.21. The van der Waals surface area contributed by atoms with Crippen molar-refractivity contribution in [3.05, 3.63) is 106 Å². The predicted molar refractivity (Wildman–Crippen MR) is 137 cm³/mol. The first-order valence-corrected chi connectivity index (χ1v) is 11.5. The van der Waals surface area contributed by atoms with Gasteiger partial charge in [-0.3, -0.25) is 9.36 Å². The van der Waals surface area contributed by atoms with Gasteiger partial charge >= 0.3 is 5.63 Å².